The number of hydrogen-bond donors (Lipinski definition) is 4. The first-order valence-electron chi connectivity index (χ1n) is 11.0. The van der Waals surface area contributed by atoms with Crippen LogP contribution >= 0.6 is 0 Å². The summed E-state index contributed by atoms with van der Waals surface area (Å²) < 4.78 is 7.69. The quantitative estimate of drug-likeness (QED) is 0.414. The highest BCUT2D eigenvalue weighted by molar-refractivity contribution is 5.76. The number of aliphatic carboxylic acids is 1. The molecule has 1 aromatic carbocycles. The van der Waals surface area contributed by atoms with Crippen LogP contribution in [0.4, 0.5) is 0 Å². The lowest BCUT2D eigenvalue weighted by Gasteiger charge is -2.33. The van der Waals surface area contributed by atoms with Gasteiger partial charge in [0, 0.05) is 25.5 Å². The van der Waals surface area contributed by atoms with Crippen molar-refractivity contribution < 1.29 is 19.4 Å². The molecule has 33 heavy (non-hydrogen) atoms. The predicted molar refractivity (Wildman–Crippen MR) is 122 cm³/mol. The van der Waals surface area contributed by atoms with Gasteiger partial charge in [0.1, 0.15) is 5.82 Å². The number of amides is 1. The minimum Gasteiger partial charge on any atom is -0.481 e. The maximum atomic E-state index is 11.4. The standard InChI is InChI=1S/C20H27N7O2.C2H4O2/c1-2-9-29-16-10-12(7-8-13(16)21)19-25-18(11-17(22)28)26-27(19)20-23-14-5-3-4-6-15(14)24-20;1-2(3)4/h3-6,12-13,16H,2,7-11,21H2,1H3,(H2,22,28)(H,23,24);1H3,(H,3,4)/t12-,13+,16+;/m0./s1. The van der Waals surface area contributed by atoms with Gasteiger partial charge < -0.3 is 26.3 Å². The van der Waals surface area contributed by atoms with E-state index < -0.39 is 11.9 Å². The summed E-state index contributed by atoms with van der Waals surface area (Å²) in [5.74, 6) is 0.545. The van der Waals surface area contributed by atoms with E-state index in [1.54, 1.807) is 4.68 Å². The Kier molecular flexibility index (Phi) is 8.12. The van der Waals surface area contributed by atoms with Crippen molar-refractivity contribution in [2.45, 2.75) is 64.0 Å². The van der Waals surface area contributed by atoms with Crippen LogP contribution in [0.15, 0.2) is 24.3 Å². The smallest absolute Gasteiger partial charge is 0.300 e. The fourth-order valence-corrected chi connectivity index (χ4v) is 3.91. The summed E-state index contributed by atoms with van der Waals surface area (Å²) >= 11 is 0. The Morgan fingerprint density at radius 2 is 2.00 bits per heavy atom. The number of ether oxygens (including phenoxy) is 1. The van der Waals surface area contributed by atoms with Crippen molar-refractivity contribution in [1.82, 2.24) is 24.7 Å². The second-order valence-corrected chi connectivity index (χ2v) is 8.12. The van der Waals surface area contributed by atoms with Gasteiger partial charge in [-0.2, -0.15) is 4.68 Å². The van der Waals surface area contributed by atoms with E-state index in [1.807, 2.05) is 24.3 Å². The Hall–Kier alpha value is -3.31. The van der Waals surface area contributed by atoms with Crippen molar-refractivity contribution in [3.05, 3.63) is 35.9 Å². The molecular weight excluding hydrogens is 426 g/mol. The minimum atomic E-state index is -0.833. The molecule has 0 bridgehead atoms. The average Bonchev–Trinajstić information content (AvgIpc) is 3.36. The number of hydrogen-bond acceptors (Lipinski definition) is 7. The van der Waals surface area contributed by atoms with Gasteiger partial charge in [0.2, 0.25) is 11.9 Å². The molecule has 0 radical (unpaired) electrons. The van der Waals surface area contributed by atoms with Gasteiger partial charge in [-0.1, -0.05) is 19.1 Å². The maximum absolute atomic E-state index is 11.4. The molecule has 4 rings (SSSR count). The van der Waals surface area contributed by atoms with E-state index in [4.69, 9.17) is 26.1 Å². The molecule has 1 fully saturated rings. The second-order valence-electron chi connectivity index (χ2n) is 8.12. The number of carbonyl (C=O) groups is 2. The largest absolute Gasteiger partial charge is 0.481 e. The first-order chi connectivity index (χ1) is 15.8. The molecule has 11 heteroatoms. The summed E-state index contributed by atoms with van der Waals surface area (Å²) in [5.41, 5.74) is 13.4. The van der Waals surface area contributed by atoms with Gasteiger partial charge in [0.05, 0.1) is 23.6 Å². The second kappa shape index (κ2) is 11.0. The normalized spacial score (nSPS) is 20.3. The Bertz CT molecular complexity index is 1060. The minimum absolute atomic E-state index is 0.0117. The Morgan fingerprint density at radius 1 is 1.27 bits per heavy atom. The van der Waals surface area contributed by atoms with Crippen LogP contribution in [0.2, 0.25) is 0 Å². The average molecular weight is 458 g/mol. The maximum Gasteiger partial charge on any atom is 0.300 e. The SMILES string of the molecule is CC(=O)O.CCCO[C@@H]1C[C@@H](c2nc(CC(N)=O)nn2-c2nc3ccccc3[nH]2)CC[C@H]1N. The Labute approximate surface area is 191 Å². The van der Waals surface area contributed by atoms with Crippen LogP contribution < -0.4 is 11.5 Å². The molecule has 2 heterocycles. The summed E-state index contributed by atoms with van der Waals surface area (Å²) in [6.45, 7) is 3.86. The summed E-state index contributed by atoms with van der Waals surface area (Å²) in [4.78, 5) is 33.0. The molecule has 3 aromatic rings. The molecule has 0 saturated heterocycles. The van der Waals surface area contributed by atoms with Crippen molar-refractivity contribution in [2.75, 3.05) is 6.61 Å². The first kappa shape index (κ1) is 24.3. The van der Waals surface area contributed by atoms with Gasteiger partial charge in [-0.3, -0.25) is 9.59 Å². The zero-order valence-corrected chi connectivity index (χ0v) is 18.9. The molecule has 2 aromatic heterocycles. The number of nitrogens with two attached hydrogens (primary N) is 2. The number of aromatic amines is 1. The number of carboxylic acid groups (broad SMARTS) is 1. The molecule has 11 nitrogen and oxygen atoms in total. The molecule has 1 amide bonds. The Morgan fingerprint density at radius 3 is 2.67 bits per heavy atom. The highest BCUT2D eigenvalue weighted by Crippen LogP contribution is 2.34. The van der Waals surface area contributed by atoms with Crippen molar-refractivity contribution in [3.8, 4) is 5.95 Å². The number of aromatic nitrogens is 5. The highest BCUT2D eigenvalue weighted by Gasteiger charge is 2.33. The molecule has 6 N–H and O–H groups in total. The highest BCUT2D eigenvalue weighted by atomic mass is 16.5. The van der Waals surface area contributed by atoms with E-state index in [2.05, 4.69) is 27.0 Å². The van der Waals surface area contributed by atoms with Crippen LogP contribution in [0.1, 0.15) is 57.1 Å². The van der Waals surface area contributed by atoms with Gasteiger partial charge >= 0.3 is 0 Å². The topological polar surface area (TPSA) is 175 Å². The van der Waals surface area contributed by atoms with E-state index in [0.29, 0.717) is 18.4 Å². The summed E-state index contributed by atoms with van der Waals surface area (Å²) in [5, 5.41) is 12.0. The van der Waals surface area contributed by atoms with Crippen molar-refractivity contribution in [1.29, 1.82) is 0 Å². The number of carbonyl (C=O) groups excluding carboxylic acids is 1. The zero-order chi connectivity index (χ0) is 24.0. The molecule has 3 atom stereocenters. The molecule has 1 aliphatic rings. The van der Waals surface area contributed by atoms with E-state index in [1.165, 1.54) is 0 Å². The third-order valence-corrected chi connectivity index (χ3v) is 5.33. The van der Waals surface area contributed by atoms with Crippen LogP contribution in [-0.2, 0) is 20.7 Å². The van der Waals surface area contributed by atoms with Crippen molar-refractivity contribution in [2.24, 2.45) is 11.5 Å². The van der Waals surface area contributed by atoms with E-state index >= 15 is 0 Å². The molecular formula is C22H31N7O4. The summed E-state index contributed by atoms with van der Waals surface area (Å²) in [6.07, 6.45) is 3.40. The third kappa shape index (κ3) is 6.36. The lowest BCUT2D eigenvalue weighted by Crippen LogP contribution is -2.42. The lowest BCUT2D eigenvalue weighted by atomic mass is 9.83. The lowest BCUT2D eigenvalue weighted by molar-refractivity contribution is -0.134. The van der Waals surface area contributed by atoms with Gasteiger partial charge in [-0.05, 0) is 37.8 Å². The number of primary amides is 1. The van der Waals surface area contributed by atoms with Crippen LogP contribution in [-0.4, -0.2) is 60.5 Å². The molecule has 0 spiro atoms. The number of rotatable bonds is 7. The van der Waals surface area contributed by atoms with Crippen molar-refractivity contribution in [3.63, 3.8) is 0 Å². The zero-order valence-electron chi connectivity index (χ0n) is 18.9. The van der Waals surface area contributed by atoms with E-state index in [9.17, 15) is 4.79 Å². The fraction of sp³-hybridized carbons (Fsp3) is 0.500. The van der Waals surface area contributed by atoms with E-state index in [0.717, 1.165) is 49.5 Å². The van der Waals surface area contributed by atoms with Gasteiger partial charge in [-0.15, -0.1) is 5.10 Å². The van der Waals surface area contributed by atoms with Crippen LogP contribution in [0.25, 0.3) is 17.0 Å². The van der Waals surface area contributed by atoms with Gasteiger partial charge in [0.15, 0.2) is 5.82 Å². The molecule has 0 unspecified atom stereocenters. The number of para-hydroxylation sites is 2. The number of nitrogens with one attached hydrogen (secondary N) is 1. The third-order valence-electron chi connectivity index (χ3n) is 5.33. The Balaban J connectivity index is 0.000000709. The fourth-order valence-electron chi connectivity index (χ4n) is 3.91. The van der Waals surface area contributed by atoms with Crippen LogP contribution in [0, 0.1) is 0 Å². The number of H-pyrrole nitrogens is 1. The van der Waals surface area contributed by atoms with Gasteiger partial charge in [-0.25, -0.2) is 9.97 Å². The number of fused-ring (bicyclic) bond motifs is 1. The van der Waals surface area contributed by atoms with Crippen LogP contribution in [0.3, 0.4) is 0 Å². The first-order valence-corrected chi connectivity index (χ1v) is 11.0. The van der Waals surface area contributed by atoms with Gasteiger partial charge in [0.25, 0.3) is 5.97 Å². The number of benzene rings is 1. The number of imidazole rings is 1. The van der Waals surface area contributed by atoms with E-state index in [-0.39, 0.29) is 24.5 Å². The summed E-state index contributed by atoms with van der Waals surface area (Å²) in [6, 6.07) is 7.80. The van der Waals surface area contributed by atoms with Crippen LogP contribution in [0.5, 0.6) is 0 Å². The molecule has 0 aliphatic heterocycles. The van der Waals surface area contributed by atoms with Crippen molar-refractivity contribution >= 4 is 22.9 Å². The number of carboxylic acids is 1. The summed E-state index contributed by atoms with van der Waals surface area (Å²) in [7, 11) is 0. The monoisotopic (exact) mass is 457 g/mol. The predicted octanol–water partition coefficient (Wildman–Crippen LogP) is 1.65. The molecule has 178 valence electrons. The molecule has 1 aliphatic carbocycles. The molecule has 1 saturated carbocycles. The number of nitrogens with zero attached hydrogens (tertiary/aromatic N) is 4.